The van der Waals surface area contributed by atoms with E-state index in [9.17, 15) is 4.79 Å². The quantitative estimate of drug-likeness (QED) is 0.600. The molecule has 0 saturated carbocycles. The van der Waals surface area contributed by atoms with E-state index >= 15 is 0 Å². The van der Waals surface area contributed by atoms with E-state index in [0.29, 0.717) is 11.8 Å². The first-order valence-corrected chi connectivity index (χ1v) is 5.52. The Hall–Kier alpha value is -1.13. The summed E-state index contributed by atoms with van der Waals surface area (Å²) in [6.07, 6.45) is 2.87. The Kier molecular flexibility index (Phi) is 3.74. The van der Waals surface area contributed by atoms with Gasteiger partial charge in [0, 0.05) is 18.4 Å². The SMILES string of the molecule is O=C(OCc1ccc(Cl)nc1)C1CCCO1. The summed E-state index contributed by atoms with van der Waals surface area (Å²) < 4.78 is 10.3. The van der Waals surface area contributed by atoms with E-state index in [1.165, 1.54) is 0 Å². The van der Waals surface area contributed by atoms with Crippen LogP contribution < -0.4 is 0 Å². The fourth-order valence-electron chi connectivity index (χ4n) is 1.50. The molecule has 1 aromatic rings. The van der Waals surface area contributed by atoms with Gasteiger partial charge >= 0.3 is 5.97 Å². The maximum absolute atomic E-state index is 11.5. The third kappa shape index (κ3) is 2.93. The molecule has 1 fully saturated rings. The van der Waals surface area contributed by atoms with Gasteiger partial charge in [-0.2, -0.15) is 0 Å². The zero-order chi connectivity index (χ0) is 11.4. The van der Waals surface area contributed by atoms with Crippen LogP contribution in [0.5, 0.6) is 0 Å². The second kappa shape index (κ2) is 5.27. The van der Waals surface area contributed by atoms with Crippen LogP contribution >= 0.6 is 11.6 Å². The lowest BCUT2D eigenvalue weighted by Crippen LogP contribution is -2.21. The van der Waals surface area contributed by atoms with E-state index in [2.05, 4.69) is 4.98 Å². The van der Waals surface area contributed by atoms with Crippen molar-refractivity contribution < 1.29 is 14.3 Å². The van der Waals surface area contributed by atoms with Crippen molar-refractivity contribution in [1.29, 1.82) is 0 Å². The lowest BCUT2D eigenvalue weighted by atomic mass is 10.2. The zero-order valence-corrected chi connectivity index (χ0v) is 9.44. The second-order valence-electron chi connectivity index (χ2n) is 3.60. The molecular weight excluding hydrogens is 230 g/mol. The average Bonchev–Trinajstić information content (AvgIpc) is 2.81. The zero-order valence-electron chi connectivity index (χ0n) is 8.69. The summed E-state index contributed by atoms with van der Waals surface area (Å²) in [5.41, 5.74) is 0.816. The number of rotatable bonds is 3. The number of esters is 1. The van der Waals surface area contributed by atoms with Crippen molar-refractivity contribution in [2.24, 2.45) is 0 Å². The summed E-state index contributed by atoms with van der Waals surface area (Å²) in [5, 5.41) is 0.425. The molecule has 5 heteroatoms. The fraction of sp³-hybridized carbons (Fsp3) is 0.455. The average molecular weight is 242 g/mol. The number of hydrogen-bond donors (Lipinski definition) is 0. The number of carbonyl (C=O) groups excluding carboxylic acids is 1. The monoisotopic (exact) mass is 241 g/mol. The molecule has 1 aliphatic rings. The summed E-state index contributed by atoms with van der Waals surface area (Å²) in [7, 11) is 0. The van der Waals surface area contributed by atoms with Crippen molar-refractivity contribution in [1.82, 2.24) is 4.98 Å². The summed E-state index contributed by atoms with van der Waals surface area (Å²) in [4.78, 5) is 15.4. The van der Waals surface area contributed by atoms with Gasteiger partial charge in [0.1, 0.15) is 11.8 Å². The Morgan fingerprint density at radius 1 is 1.62 bits per heavy atom. The van der Waals surface area contributed by atoms with E-state index in [1.807, 2.05) is 0 Å². The van der Waals surface area contributed by atoms with Gasteiger partial charge in [0.05, 0.1) is 0 Å². The number of hydrogen-bond acceptors (Lipinski definition) is 4. The molecule has 0 aromatic carbocycles. The highest BCUT2D eigenvalue weighted by molar-refractivity contribution is 6.29. The van der Waals surface area contributed by atoms with Crippen LogP contribution in [0.3, 0.4) is 0 Å². The molecule has 1 unspecified atom stereocenters. The molecule has 1 saturated heterocycles. The minimum absolute atomic E-state index is 0.211. The van der Waals surface area contributed by atoms with Crippen LogP contribution in [0, 0.1) is 0 Å². The molecule has 86 valence electrons. The minimum Gasteiger partial charge on any atom is -0.459 e. The van der Waals surface area contributed by atoms with E-state index in [4.69, 9.17) is 21.1 Å². The number of ether oxygens (including phenoxy) is 2. The van der Waals surface area contributed by atoms with Gasteiger partial charge in [-0.1, -0.05) is 17.7 Å². The van der Waals surface area contributed by atoms with E-state index in [-0.39, 0.29) is 18.7 Å². The molecule has 16 heavy (non-hydrogen) atoms. The number of carbonyl (C=O) groups is 1. The van der Waals surface area contributed by atoms with Crippen LogP contribution in [0.15, 0.2) is 18.3 Å². The van der Waals surface area contributed by atoms with Gasteiger partial charge in [0.25, 0.3) is 0 Å². The molecule has 2 rings (SSSR count). The van der Waals surface area contributed by atoms with Crippen molar-refractivity contribution in [3.63, 3.8) is 0 Å². The number of halogens is 1. The Bertz CT molecular complexity index is 360. The largest absolute Gasteiger partial charge is 0.459 e. The number of aromatic nitrogens is 1. The van der Waals surface area contributed by atoms with E-state index < -0.39 is 0 Å². The second-order valence-corrected chi connectivity index (χ2v) is 3.99. The van der Waals surface area contributed by atoms with Crippen molar-refractivity contribution in [2.75, 3.05) is 6.61 Å². The molecule has 0 spiro atoms. The molecule has 0 radical (unpaired) electrons. The first-order valence-electron chi connectivity index (χ1n) is 5.14. The highest BCUT2D eigenvalue weighted by Crippen LogP contribution is 2.14. The Morgan fingerprint density at radius 3 is 3.12 bits per heavy atom. The fourth-order valence-corrected chi connectivity index (χ4v) is 1.61. The van der Waals surface area contributed by atoms with Gasteiger partial charge in [-0.3, -0.25) is 0 Å². The Balaban J connectivity index is 1.82. The molecular formula is C11H12ClNO3. The van der Waals surface area contributed by atoms with Gasteiger partial charge in [-0.15, -0.1) is 0 Å². The van der Waals surface area contributed by atoms with Gasteiger partial charge in [0.2, 0.25) is 0 Å². The van der Waals surface area contributed by atoms with E-state index in [1.54, 1.807) is 18.3 Å². The summed E-state index contributed by atoms with van der Waals surface area (Å²) >= 11 is 5.64. The third-order valence-electron chi connectivity index (χ3n) is 2.36. The lowest BCUT2D eigenvalue weighted by Gasteiger charge is -2.09. The number of pyridine rings is 1. The topological polar surface area (TPSA) is 48.4 Å². The van der Waals surface area contributed by atoms with Crippen molar-refractivity contribution in [3.8, 4) is 0 Å². The Morgan fingerprint density at radius 2 is 2.50 bits per heavy atom. The standard InChI is InChI=1S/C11H12ClNO3/c12-10-4-3-8(6-13-10)7-16-11(14)9-2-1-5-15-9/h3-4,6,9H,1-2,5,7H2. The van der Waals surface area contributed by atoms with Crippen LogP contribution in [-0.4, -0.2) is 23.7 Å². The lowest BCUT2D eigenvalue weighted by molar-refractivity contribution is -0.155. The Labute approximate surface area is 98.5 Å². The van der Waals surface area contributed by atoms with Crippen molar-refractivity contribution in [3.05, 3.63) is 29.0 Å². The van der Waals surface area contributed by atoms with Gasteiger partial charge in [-0.05, 0) is 18.9 Å². The molecule has 0 N–H and O–H groups in total. The van der Waals surface area contributed by atoms with Crippen molar-refractivity contribution >= 4 is 17.6 Å². The molecule has 2 heterocycles. The molecule has 1 atom stereocenters. The smallest absolute Gasteiger partial charge is 0.335 e. The van der Waals surface area contributed by atoms with Gasteiger partial charge in [0.15, 0.2) is 6.10 Å². The van der Waals surface area contributed by atoms with Gasteiger partial charge in [-0.25, -0.2) is 9.78 Å². The van der Waals surface area contributed by atoms with Crippen LogP contribution in [-0.2, 0) is 20.9 Å². The van der Waals surface area contributed by atoms with Crippen LogP contribution in [0.4, 0.5) is 0 Å². The van der Waals surface area contributed by atoms with Crippen molar-refractivity contribution in [2.45, 2.75) is 25.6 Å². The van der Waals surface area contributed by atoms with Crippen LogP contribution in [0.1, 0.15) is 18.4 Å². The molecule has 1 aromatic heterocycles. The first kappa shape index (κ1) is 11.4. The molecule has 0 amide bonds. The van der Waals surface area contributed by atoms with Crippen LogP contribution in [0.2, 0.25) is 5.15 Å². The maximum atomic E-state index is 11.5. The highest BCUT2D eigenvalue weighted by Gasteiger charge is 2.24. The normalized spacial score (nSPS) is 19.7. The third-order valence-corrected chi connectivity index (χ3v) is 2.59. The highest BCUT2D eigenvalue weighted by atomic mass is 35.5. The molecule has 4 nitrogen and oxygen atoms in total. The molecule has 0 aliphatic carbocycles. The summed E-state index contributed by atoms with van der Waals surface area (Å²) in [5.74, 6) is -0.299. The minimum atomic E-state index is -0.389. The van der Waals surface area contributed by atoms with Crippen LogP contribution in [0.25, 0.3) is 0 Å². The maximum Gasteiger partial charge on any atom is 0.335 e. The van der Waals surface area contributed by atoms with E-state index in [0.717, 1.165) is 18.4 Å². The first-order chi connectivity index (χ1) is 7.75. The molecule has 1 aliphatic heterocycles. The summed E-state index contributed by atoms with van der Waals surface area (Å²) in [6.45, 7) is 0.852. The predicted molar refractivity (Wildman–Crippen MR) is 58.0 cm³/mol. The molecule has 0 bridgehead atoms. The summed E-state index contributed by atoms with van der Waals surface area (Å²) in [6, 6.07) is 3.44. The van der Waals surface area contributed by atoms with Gasteiger partial charge < -0.3 is 9.47 Å². The number of nitrogens with zero attached hydrogens (tertiary/aromatic N) is 1. The predicted octanol–water partition coefficient (Wildman–Crippen LogP) is 1.96.